The molecule has 21 heavy (non-hydrogen) atoms. The summed E-state index contributed by atoms with van der Waals surface area (Å²) in [7, 11) is 0. The lowest BCUT2D eigenvalue weighted by molar-refractivity contribution is -0.133. The molecule has 0 radical (unpaired) electrons. The Hall–Kier alpha value is -2.04. The zero-order chi connectivity index (χ0) is 15.4. The van der Waals surface area contributed by atoms with Crippen molar-refractivity contribution in [3.8, 4) is 5.75 Å². The van der Waals surface area contributed by atoms with Crippen molar-refractivity contribution in [2.45, 2.75) is 20.3 Å². The van der Waals surface area contributed by atoms with Crippen LogP contribution in [0.5, 0.6) is 5.75 Å². The predicted octanol–water partition coefficient (Wildman–Crippen LogP) is 1.72. The molecule has 1 aliphatic rings. The van der Waals surface area contributed by atoms with Crippen molar-refractivity contribution in [3.63, 3.8) is 0 Å². The van der Waals surface area contributed by atoms with E-state index in [1.165, 1.54) is 6.07 Å². The minimum Gasteiger partial charge on any atom is -0.508 e. The molecule has 114 valence electrons. The monoisotopic (exact) mass is 290 g/mol. The predicted molar refractivity (Wildman–Crippen MR) is 80.0 cm³/mol. The van der Waals surface area contributed by atoms with Crippen LogP contribution in [0.1, 0.15) is 30.6 Å². The minimum atomic E-state index is -0.0955. The van der Waals surface area contributed by atoms with Gasteiger partial charge in [0.15, 0.2) is 0 Å². The second-order valence-corrected chi connectivity index (χ2v) is 5.82. The number of amides is 2. The van der Waals surface area contributed by atoms with Crippen molar-refractivity contribution in [2.75, 3.05) is 26.2 Å². The van der Waals surface area contributed by atoms with Gasteiger partial charge in [0.05, 0.1) is 0 Å². The van der Waals surface area contributed by atoms with Crippen LogP contribution >= 0.6 is 0 Å². The van der Waals surface area contributed by atoms with Gasteiger partial charge in [0.1, 0.15) is 5.75 Å². The molecule has 1 aromatic carbocycles. The lowest BCUT2D eigenvalue weighted by Gasteiger charge is -2.35. The van der Waals surface area contributed by atoms with Crippen molar-refractivity contribution >= 4 is 11.8 Å². The number of nitrogens with zero attached hydrogens (tertiary/aromatic N) is 2. The van der Waals surface area contributed by atoms with Gasteiger partial charge in [-0.2, -0.15) is 0 Å². The maximum Gasteiger partial charge on any atom is 0.254 e. The number of hydrogen-bond acceptors (Lipinski definition) is 3. The molecular weight excluding hydrogens is 268 g/mol. The highest BCUT2D eigenvalue weighted by Crippen LogP contribution is 2.15. The average molecular weight is 290 g/mol. The van der Waals surface area contributed by atoms with Gasteiger partial charge in [0.2, 0.25) is 5.91 Å². The molecule has 0 atom stereocenters. The summed E-state index contributed by atoms with van der Waals surface area (Å²) >= 11 is 0. The van der Waals surface area contributed by atoms with Gasteiger partial charge in [-0.05, 0) is 24.1 Å². The van der Waals surface area contributed by atoms with Crippen LogP contribution in [0.2, 0.25) is 0 Å². The molecule has 1 fully saturated rings. The van der Waals surface area contributed by atoms with E-state index in [-0.39, 0.29) is 17.6 Å². The molecule has 1 N–H and O–H groups in total. The maximum absolute atomic E-state index is 12.3. The summed E-state index contributed by atoms with van der Waals surface area (Å²) in [5.74, 6) is 0.507. The number of hydrogen-bond donors (Lipinski definition) is 1. The highest BCUT2D eigenvalue weighted by Gasteiger charge is 2.25. The summed E-state index contributed by atoms with van der Waals surface area (Å²) in [5.41, 5.74) is 0.483. The van der Waals surface area contributed by atoms with E-state index in [0.29, 0.717) is 44.1 Å². The summed E-state index contributed by atoms with van der Waals surface area (Å²) in [6.07, 6.45) is 0.556. The van der Waals surface area contributed by atoms with Gasteiger partial charge in [0.25, 0.3) is 5.91 Å². The zero-order valence-corrected chi connectivity index (χ0v) is 12.6. The van der Waals surface area contributed by atoms with Crippen molar-refractivity contribution in [1.29, 1.82) is 0 Å². The molecule has 2 amide bonds. The smallest absolute Gasteiger partial charge is 0.254 e. The topological polar surface area (TPSA) is 60.9 Å². The first-order valence-electron chi connectivity index (χ1n) is 7.33. The molecule has 1 heterocycles. The molecule has 5 nitrogen and oxygen atoms in total. The van der Waals surface area contributed by atoms with E-state index < -0.39 is 0 Å². The average Bonchev–Trinajstić information content (AvgIpc) is 2.46. The Labute approximate surface area is 125 Å². The molecule has 0 saturated carbocycles. The van der Waals surface area contributed by atoms with Gasteiger partial charge in [-0.15, -0.1) is 0 Å². The van der Waals surface area contributed by atoms with E-state index in [1.807, 2.05) is 18.7 Å². The molecule has 0 unspecified atom stereocenters. The lowest BCUT2D eigenvalue weighted by Crippen LogP contribution is -2.50. The summed E-state index contributed by atoms with van der Waals surface area (Å²) in [6, 6.07) is 6.36. The Balaban J connectivity index is 1.92. The van der Waals surface area contributed by atoms with E-state index >= 15 is 0 Å². The third-order valence-electron chi connectivity index (χ3n) is 3.60. The van der Waals surface area contributed by atoms with E-state index in [2.05, 4.69) is 0 Å². The fourth-order valence-electron chi connectivity index (χ4n) is 2.46. The zero-order valence-electron chi connectivity index (χ0n) is 12.6. The molecular formula is C16H22N2O3. The number of benzene rings is 1. The summed E-state index contributed by atoms with van der Waals surface area (Å²) in [4.78, 5) is 27.9. The number of piperazine rings is 1. The third-order valence-corrected chi connectivity index (χ3v) is 3.60. The van der Waals surface area contributed by atoms with Crippen LogP contribution in [0.15, 0.2) is 24.3 Å². The number of carbonyl (C=O) groups is 2. The SMILES string of the molecule is CC(C)CC(=O)N1CCN(C(=O)c2cccc(O)c2)CC1. The van der Waals surface area contributed by atoms with Gasteiger partial charge in [-0.3, -0.25) is 9.59 Å². The van der Waals surface area contributed by atoms with Gasteiger partial charge >= 0.3 is 0 Å². The molecule has 1 saturated heterocycles. The fourth-order valence-corrected chi connectivity index (χ4v) is 2.46. The Kier molecular flexibility index (Phi) is 4.83. The molecule has 0 aliphatic carbocycles. The molecule has 1 aromatic rings. The van der Waals surface area contributed by atoms with Crippen molar-refractivity contribution in [2.24, 2.45) is 5.92 Å². The standard InChI is InChI=1S/C16H22N2O3/c1-12(2)10-15(20)17-6-8-18(9-7-17)16(21)13-4-3-5-14(19)11-13/h3-5,11-12,19H,6-10H2,1-2H3. The Morgan fingerprint density at radius 3 is 2.33 bits per heavy atom. The first-order valence-corrected chi connectivity index (χ1v) is 7.33. The Morgan fingerprint density at radius 2 is 1.76 bits per heavy atom. The highest BCUT2D eigenvalue weighted by atomic mass is 16.3. The van der Waals surface area contributed by atoms with Crippen molar-refractivity contribution in [3.05, 3.63) is 29.8 Å². The molecule has 1 aliphatic heterocycles. The first kappa shape index (κ1) is 15.4. The van der Waals surface area contributed by atoms with Crippen LogP contribution < -0.4 is 0 Å². The maximum atomic E-state index is 12.3. The molecule has 0 spiro atoms. The van der Waals surface area contributed by atoms with Gasteiger partial charge in [-0.1, -0.05) is 19.9 Å². The van der Waals surface area contributed by atoms with E-state index in [1.54, 1.807) is 23.1 Å². The van der Waals surface area contributed by atoms with E-state index in [4.69, 9.17) is 0 Å². The van der Waals surface area contributed by atoms with Crippen LogP contribution in [0.3, 0.4) is 0 Å². The lowest BCUT2D eigenvalue weighted by atomic mass is 10.1. The second-order valence-electron chi connectivity index (χ2n) is 5.82. The number of phenols is 1. The van der Waals surface area contributed by atoms with Crippen molar-refractivity contribution in [1.82, 2.24) is 9.80 Å². The largest absolute Gasteiger partial charge is 0.508 e. The fraction of sp³-hybridized carbons (Fsp3) is 0.500. The van der Waals surface area contributed by atoms with Gasteiger partial charge < -0.3 is 14.9 Å². The van der Waals surface area contributed by atoms with Crippen LogP contribution in [-0.2, 0) is 4.79 Å². The van der Waals surface area contributed by atoms with Crippen LogP contribution in [0.25, 0.3) is 0 Å². The number of rotatable bonds is 3. The minimum absolute atomic E-state index is 0.0894. The molecule has 0 bridgehead atoms. The van der Waals surface area contributed by atoms with E-state index in [9.17, 15) is 14.7 Å². The molecule has 0 aromatic heterocycles. The first-order chi connectivity index (χ1) is 9.97. The molecule has 5 heteroatoms. The second kappa shape index (κ2) is 6.61. The Morgan fingerprint density at radius 1 is 1.14 bits per heavy atom. The Bertz CT molecular complexity index is 520. The molecule has 2 rings (SSSR count). The van der Waals surface area contributed by atoms with Crippen LogP contribution in [0, 0.1) is 5.92 Å². The third kappa shape index (κ3) is 3.97. The number of phenolic OH excluding ortho intramolecular Hbond substituents is 1. The summed E-state index contributed by atoms with van der Waals surface area (Å²) in [5, 5.41) is 9.44. The number of aromatic hydroxyl groups is 1. The van der Waals surface area contributed by atoms with Crippen LogP contribution in [-0.4, -0.2) is 52.9 Å². The highest BCUT2D eigenvalue weighted by molar-refractivity contribution is 5.94. The normalized spacial score (nSPS) is 15.4. The van der Waals surface area contributed by atoms with Crippen LogP contribution in [0.4, 0.5) is 0 Å². The summed E-state index contributed by atoms with van der Waals surface area (Å²) < 4.78 is 0. The summed E-state index contributed by atoms with van der Waals surface area (Å²) in [6.45, 7) is 6.29. The van der Waals surface area contributed by atoms with Crippen molar-refractivity contribution < 1.29 is 14.7 Å². The quantitative estimate of drug-likeness (QED) is 0.922. The van der Waals surface area contributed by atoms with Gasteiger partial charge in [0, 0.05) is 38.2 Å². The van der Waals surface area contributed by atoms with E-state index in [0.717, 1.165) is 0 Å². The number of carbonyl (C=O) groups excluding carboxylic acids is 2. The van der Waals surface area contributed by atoms with Gasteiger partial charge in [-0.25, -0.2) is 0 Å².